The van der Waals surface area contributed by atoms with E-state index in [1.54, 1.807) is 0 Å². The maximum Gasteiger partial charge on any atom is 0.309 e. The van der Waals surface area contributed by atoms with Crippen LogP contribution >= 0.6 is 0 Å². The molecule has 0 atom stereocenters. The van der Waals surface area contributed by atoms with E-state index < -0.39 is 22.5 Å². The zero-order valence-electron chi connectivity index (χ0n) is 14.4. The van der Waals surface area contributed by atoms with E-state index in [0.717, 1.165) is 23.6 Å². The Balaban J connectivity index is 2.08. The van der Waals surface area contributed by atoms with Crippen LogP contribution in [0.25, 0.3) is 0 Å². The summed E-state index contributed by atoms with van der Waals surface area (Å²) < 4.78 is 35.6. The predicted octanol–water partition coefficient (Wildman–Crippen LogP) is 1.23. The Hall–Kier alpha value is -2.13. The zero-order valence-corrected chi connectivity index (χ0v) is 15.3. The van der Waals surface area contributed by atoms with Gasteiger partial charge < -0.3 is 14.8 Å². The largest absolute Gasteiger partial charge is 0.495 e. The molecule has 25 heavy (non-hydrogen) atoms. The van der Waals surface area contributed by atoms with Crippen LogP contribution in [-0.2, 0) is 24.3 Å². The van der Waals surface area contributed by atoms with E-state index in [2.05, 4.69) is 5.32 Å². The lowest BCUT2D eigenvalue weighted by Crippen LogP contribution is -2.28. The van der Waals surface area contributed by atoms with Gasteiger partial charge in [0.1, 0.15) is 5.75 Å². The fourth-order valence-corrected chi connectivity index (χ4v) is 3.17. The van der Waals surface area contributed by atoms with Gasteiger partial charge in [-0.3, -0.25) is 9.59 Å². The van der Waals surface area contributed by atoms with Crippen LogP contribution in [0.15, 0.2) is 23.1 Å². The number of hydrogen-bond donors (Lipinski definition) is 1. The molecule has 0 saturated heterocycles. The lowest BCUT2D eigenvalue weighted by Gasteiger charge is -2.22. The van der Waals surface area contributed by atoms with Gasteiger partial charge in [-0.25, -0.2) is 12.7 Å². The minimum absolute atomic E-state index is 0.0139. The smallest absolute Gasteiger partial charge is 0.309 e. The fourth-order valence-electron chi connectivity index (χ4n) is 2.24. The summed E-state index contributed by atoms with van der Waals surface area (Å²) >= 11 is 0. The normalized spacial score (nSPS) is 14.7. The molecule has 1 saturated carbocycles. The van der Waals surface area contributed by atoms with Gasteiger partial charge in [-0.15, -0.1) is 0 Å². The van der Waals surface area contributed by atoms with Crippen LogP contribution in [0.5, 0.6) is 5.75 Å². The van der Waals surface area contributed by atoms with Crippen molar-refractivity contribution in [2.45, 2.75) is 24.2 Å². The Labute approximate surface area is 147 Å². The summed E-state index contributed by atoms with van der Waals surface area (Å²) in [7, 11) is 0.582. The van der Waals surface area contributed by atoms with Gasteiger partial charge in [0.2, 0.25) is 10.0 Å². The number of rotatable bonds is 7. The number of amides is 1. The number of benzene rings is 1. The third kappa shape index (κ3) is 4.49. The number of sulfonamides is 1. The molecule has 8 nitrogen and oxygen atoms in total. The third-order valence-corrected chi connectivity index (χ3v) is 5.82. The van der Waals surface area contributed by atoms with Crippen molar-refractivity contribution in [1.82, 2.24) is 4.31 Å². The van der Waals surface area contributed by atoms with Gasteiger partial charge in [0, 0.05) is 14.1 Å². The van der Waals surface area contributed by atoms with E-state index in [-0.39, 0.29) is 22.5 Å². The van der Waals surface area contributed by atoms with Gasteiger partial charge in [0.05, 0.1) is 23.6 Å². The summed E-state index contributed by atoms with van der Waals surface area (Å²) in [5.41, 5.74) is 0.190. The van der Waals surface area contributed by atoms with Crippen molar-refractivity contribution in [1.29, 1.82) is 0 Å². The molecule has 0 aromatic heterocycles. The number of carbonyl (C=O) groups is 2. The predicted molar refractivity (Wildman–Crippen MR) is 90.8 cm³/mol. The van der Waals surface area contributed by atoms with Crippen molar-refractivity contribution in [3.8, 4) is 5.75 Å². The van der Waals surface area contributed by atoms with E-state index in [4.69, 9.17) is 9.47 Å². The highest BCUT2D eigenvalue weighted by molar-refractivity contribution is 7.89. The summed E-state index contributed by atoms with van der Waals surface area (Å²) in [6, 6.07) is 4.15. The summed E-state index contributed by atoms with van der Waals surface area (Å²) in [5, 5.41) is 2.52. The van der Waals surface area contributed by atoms with Gasteiger partial charge in [0.15, 0.2) is 6.61 Å². The average molecular weight is 370 g/mol. The van der Waals surface area contributed by atoms with Crippen LogP contribution in [0.1, 0.15) is 19.3 Å². The molecule has 0 spiro atoms. The summed E-state index contributed by atoms with van der Waals surface area (Å²) in [6.07, 6.45) is 2.58. The Morgan fingerprint density at radius 3 is 2.48 bits per heavy atom. The van der Waals surface area contributed by atoms with Crippen molar-refractivity contribution in [2.75, 3.05) is 33.1 Å². The molecule has 1 aromatic rings. The van der Waals surface area contributed by atoms with Crippen LogP contribution < -0.4 is 10.1 Å². The molecule has 1 fully saturated rings. The molecule has 1 aromatic carbocycles. The highest BCUT2D eigenvalue weighted by atomic mass is 32.2. The maximum atomic E-state index is 12.2. The quantitative estimate of drug-likeness (QED) is 0.724. The number of esters is 1. The van der Waals surface area contributed by atoms with Crippen LogP contribution in [0.2, 0.25) is 0 Å². The molecular weight excluding hydrogens is 348 g/mol. The van der Waals surface area contributed by atoms with Gasteiger partial charge >= 0.3 is 5.97 Å². The maximum absolute atomic E-state index is 12.2. The first kappa shape index (κ1) is 19.2. The van der Waals surface area contributed by atoms with Gasteiger partial charge in [-0.1, -0.05) is 6.42 Å². The first-order chi connectivity index (χ1) is 11.8. The van der Waals surface area contributed by atoms with Crippen LogP contribution in [0, 0.1) is 5.92 Å². The number of carbonyl (C=O) groups excluding carboxylic acids is 2. The molecule has 0 unspecified atom stereocenters. The van der Waals surface area contributed by atoms with Crippen molar-refractivity contribution < 1.29 is 27.5 Å². The van der Waals surface area contributed by atoms with Gasteiger partial charge in [0.25, 0.3) is 5.91 Å². The number of hydrogen-bond acceptors (Lipinski definition) is 6. The van der Waals surface area contributed by atoms with Crippen molar-refractivity contribution in [3.05, 3.63) is 18.2 Å². The molecular formula is C16H22N2O6S. The first-order valence-electron chi connectivity index (χ1n) is 7.82. The molecule has 1 aliphatic carbocycles. The van der Waals surface area contributed by atoms with Gasteiger partial charge in [-0.2, -0.15) is 0 Å². The molecule has 0 radical (unpaired) electrons. The second-order valence-electron chi connectivity index (χ2n) is 5.93. The monoisotopic (exact) mass is 370 g/mol. The highest BCUT2D eigenvalue weighted by Gasteiger charge is 2.27. The van der Waals surface area contributed by atoms with E-state index in [9.17, 15) is 18.0 Å². The third-order valence-electron chi connectivity index (χ3n) is 4.01. The minimum Gasteiger partial charge on any atom is -0.495 e. The molecule has 1 N–H and O–H groups in total. The van der Waals surface area contributed by atoms with Crippen molar-refractivity contribution in [2.24, 2.45) is 5.92 Å². The number of nitrogens with one attached hydrogen (secondary N) is 1. The first-order valence-corrected chi connectivity index (χ1v) is 9.26. The molecule has 0 aliphatic heterocycles. The van der Waals surface area contributed by atoms with Crippen molar-refractivity contribution >= 4 is 27.6 Å². The zero-order chi connectivity index (χ0) is 18.6. The van der Waals surface area contributed by atoms with E-state index in [0.29, 0.717) is 5.75 Å². The lowest BCUT2D eigenvalue weighted by molar-refractivity contribution is -0.154. The van der Waals surface area contributed by atoms with Crippen LogP contribution in [0.3, 0.4) is 0 Å². The summed E-state index contributed by atoms with van der Waals surface area (Å²) in [6.45, 7) is -0.427. The Morgan fingerprint density at radius 2 is 1.96 bits per heavy atom. The SMILES string of the molecule is COc1ccc(S(=O)(=O)N(C)C)cc1NC(=O)COC(=O)C1CCC1. The lowest BCUT2D eigenvalue weighted by atomic mass is 9.86. The van der Waals surface area contributed by atoms with Gasteiger partial charge in [-0.05, 0) is 31.0 Å². The number of anilines is 1. The molecule has 1 amide bonds. The Morgan fingerprint density at radius 1 is 1.28 bits per heavy atom. The van der Waals surface area contributed by atoms with Crippen molar-refractivity contribution in [3.63, 3.8) is 0 Å². The molecule has 2 rings (SSSR count). The van der Waals surface area contributed by atoms with E-state index in [1.165, 1.54) is 39.4 Å². The second kappa shape index (κ2) is 7.83. The Kier molecular flexibility index (Phi) is 6.02. The fraction of sp³-hybridized carbons (Fsp3) is 0.500. The van der Waals surface area contributed by atoms with Crippen LogP contribution in [0.4, 0.5) is 5.69 Å². The summed E-state index contributed by atoms with van der Waals surface area (Å²) in [5.74, 6) is -0.755. The Bertz CT molecular complexity index is 756. The molecule has 9 heteroatoms. The van der Waals surface area contributed by atoms with Crippen LogP contribution in [-0.4, -0.2) is 52.4 Å². The number of nitrogens with zero attached hydrogens (tertiary/aromatic N) is 1. The standard InChI is InChI=1S/C16H22N2O6S/c1-18(2)25(21,22)12-7-8-14(23-3)13(9-12)17-15(19)10-24-16(20)11-5-4-6-11/h7-9,11H,4-6,10H2,1-3H3,(H,17,19). The minimum atomic E-state index is -3.65. The average Bonchev–Trinajstić information content (AvgIpc) is 2.51. The molecule has 1 aliphatic rings. The molecule has 0 bridgehead atoms. The molecule has 0 heterocycles. The summed E-state index contributed by atoms with van der Waals surface area (Å²) in [4.78, 5) is 23.7. The second-order valence-corrected chi connectivity index (χ2v) is 8.09. The van der Waals surface area contributed by atoms with E-state index in [1.807, 2.05) is 0 Å². The molecule has 138 valence electrons. The number of ether oxygens (including phenoxy) is 2. The number of methoxy groups -OCH3 is 1. The highest BCUT2D eigenvalue weighted by Crippen LogP contribution is 2.29. The topological polar surface area (TPSA) is 102 Å². The van der Waals surface area contributed by atoms with E-state index >= 15 is 0 Å².